The van der Waals surface area contributed by atoms with Gasteiger partial charge in [-0.2, -0.15) is 0 Å². The zero-order valence-corrected chi connectivity index (χ0v) is 26.2. The predicted molar refractivity (Wildman–Crippen MR) is 152 cm³/mol. The van der Waals surface area contributed by atoms with Crippen molar-refractivity contribution in [3.63, 3.8) is 0 Å². The van der Waals surface area contributed by atoms with Crippen LogP contribution < -0.4 is 0 Å². The van der Waals surface area contributed by atoms with Crippen LogP contribution in [-0.2, 0) is 28.5 Å². The zero-order chi connectivity index (χ0) is 29.9. The van der Waals surface area contributed by atoms with E-state index in [4.69, 9.17) is 18.9 Å². The number of aliphatic hydroxyl groups is 1. The molecule has 39 heavy (non-hydrogen) atoms. The average molecular weight is 552 g/mol. The summed E-state index contributed by atoms with van der Waals surface area (Å²) in [6.45, 7) is 16.8. The molecule has 10 atom stereocenters. The van der Waals surface area contributed by atoms with Gasteiger partial charge in [0.25, 0.3) is 0 Å². The molecule has 224 valence electrons. The Morgan fingerprint density at radius 3 is 2.26 bits per heavy atom. The van der Waals surface area contributed by atoms with Gasteiger partial charge in [-0.1, -0.05) is 33.8 Å². The van der Waals surface area contributed by atoms with Crippen LogP contribution in [-0.4, -0.2) is 84.8 Å². The second-order valence-corrected chi connectivity index (χ2v) is 12.5. The normalized spacial score (nSPS) is 44.2. The first-order valence-corrected chi connectivity index (χ1v) is 14.3. The van der Waals surface area contributed by atoms with E-state index in [9.17, 15) is 14.7 Å². The van der Waals surface area contributed by atoms with Crippen LogP contribution in [0.1, 0.15) is 81.6 Å². The van der Waals surface area contributed by atoms with Crippen LogP contribution in [0.25, 0.3) is 0 Å². The second-order valence-electron chi connectivity index (χ2n) is 12.5. The lowest BCUT2D eigenvalue weighted by atomic mass is 9.79. The predicted octanol–water partition coefficient (Wildman–Crippen LogP) is 4.69. The molecule has 0 unspecified atom stereocenters. The van der Waals surface area contributed by atoms with Crippen LogP contribution in [0.15, 0.2) is 23.3 Å². The molecular weight excluding hydrogens is 498 g/mol. The number of carbonyl (C=O) groups is 2. The monoisotopic (exact) mass is 551 g/mol. The summed E-state index contributed by atoms with van der Waals surface area (Å²) in [7, 11) is 5.77. The summed E-state index contributed by atoms with van der Waals surface area (Å²) in [6.07, 6.45) is 3.22. The first-order chi connectivity index (χ1) is 18.0. The molecule has 0 aromatic carbocycles. The number of ketones is 1. The Labute approximate surface area is 236 Å². The minimum Gasteiger partial charge on any atom is -0.456 e. The highest BCUT2D eigenvalue weighted by molar-refractivity contribution is 5.96. The van der Waals surface area contributed by atoms with Crippen molar-refractivity contribution in [1.82, 2.24) is 4.90 Å². The van der Waals surface area contributed by atoms with Gasteiger partial charge in [-0.3, -0.25) is 4.79 Å². The highest BCUT2D eigenvalue weighted by Crippen LogP contribution is 2.38. The topological polar surface area (TPSA) is 94.5 Å². The maximum absolute atomic E-state index is 13.5. The zero-order valence-electron chi connectivity index (χ0n) is 26.2. The lowest BCUT2D eigenvalue weighted by Gasteiger charge is -2.47. The van der Waals surface area contributed by atoms with Crippen LogP contribution in [0.3, 0.4) is 0 Å². The minimum absolute atomic E-state index is 0.0144. The standard InChI is InChI=1S/C31H53NO7/c1-13-25-30(8,35)16-20(4)26(33)21(5)17-31(9,36-12)27(18(2)14-19(3)28(34)38-25)39-29-23(7)24(32(10)11)15-22(6)37-29/h14,16,18,21-25,27,29,35H,13,15,17H2,1-12H3/b19-14-,20-16+/t18-,21+,22+,23+,24-,25+,27+,29-,30-,31+/m0/s1. The summed E-state index contributed by atoms with van der Waals surface area (Å²) in [5, 5.41) is 11.2. The maximum Gasteiger partial charge on any atom is 0.333 e. The number of rotatable bonds is 5. The van der Waals surface area contributed by atoms with Gasteiger partial charge in [0.05, 0.1) is 17.8 Å². The third-order valence-corrected chi connectivity index (χ3v) is 8.63. The average Bonchev–Trinajstić information content (AvgIpc) is 2.85. The number of Topliss-reactive ketones (excluding diaryl/α,β-unsaturated/α-hetero) is 1. The van der Waals surface area contributed by atoms with Crippen molar-refractivity contribution in [3.8, 4) is 0 Å². The summed E-state index contributed by atoms with van der Waals surface area (Å²) in [5.74, 6) is -1.22. The molecule has 2 heterocycles. The van der Waals surface area contributed by atoms with E-state index in [1.807, 2.05) is 33.8 Å². The Morgan fingerprint density at radius 2 is 1.72 bits per heavy atom. The Bertz CT molecular complexity index is 926. The molecular formula is C31H53NO7. The Kier molecular flexibility index (Phi) is 11.5. The maximum atomic E-state index is 13.5. The van der Waals surface area contributed by atoms with Crippen molar-refractivity contribution in [1.29, 1.82) is 0 Å². The first kappa shape index (κ1) is 33.6. The number of methoxy groups -OCH3 is 1. The number of esters is 1. The lowest BCUT2D eigenvalue weighted by molar-refractivity contribution is -0.279. The van der Waals surface area contributed by atoms with Crippen molar-refractivity contribution in [2.24, 2.45) is 17.8 Å². The van der Waals surface area contributed by atoms with Crippen molar-refractivity contribution in [2.75, 3.05) is 21.2 Å². The SMILES string of the molecule is CC[C@H]1OC(=O)/C(C)=C\[C@H](C)[C@@H](O[C@@H]2O[C@H](C)C[C@H](N(C)C)[C@H]2C)[C@](C)(OC)C[C@@H](C)C(=O)/C(C)=C/[C@]1(C)O. The third kappa shape index (κ3) is 8.00. The third-order valence-electron chi connectivity index (χ3n) is 8.63. The molecule has 1 fully saturated rings. The molecule has 0 amide bonds. The Morgan fingerprint density at radius 1 is 1.10 bits per heavy atom. The molecule has 2 aliphatic rings. The molecule has 0 radical (unpaired) electrons. The summed E-state index contributed by atoms with van der Waals surface area (Å²) in [5.41, 5.74) is -1.54. The fourth-order valence-corrected chi connectivity index (χ4v) is 6.35. The van der Waals surface area contributed by atoms with Gasteiger partial charge in [-0.25, -0.2) is 4.79 Å². The summed E-state index contributed by atoms with van der Waals surface area (Å²) in [6, 6.07) is 0.278. The molecule has 0 aromatic heterocycles. The molecule has 0 bridgehead atoms. The summed E-state index contributed by atoms with van der Waals surface area (Å²) in [4.78, 5) is 28.8. The second kappa shape index (κ2) is 13.4. The quantitative estimate of drug-likeness (QED) is 0.492. The van der Waals surface area contributed by atoms with Crippen molar-refractivity contribution >= 4 is 11.8 Å². The van der Waals surface area contributed by atoms with E-state index < -0.39 is 41.6 Å². The van der Waals surface area contributed by atoms with Crippen LogP contribution in [0.2, 0.25) is 0 Å². The molecule has 8 nitrogen and oxygen atoms in total. The fraction of sp³-hybridized carbons (Fsp3) is 0.806. The molecule has 0 aliphatic carbocycles. The van der Waals surface area contributed by atoms with Crippen LogP contribution >= 0.6 is 0 Å². The van der Waals surface area contributed by atoms with Gasteiger partial charge in [-0.05, 0) is 79.6 Å². The number of cyclic esters (lactones) is 1. The fourth-order valence-electron chi connectivity index (χ4n) is 6.35. The van der Waals surface area contributed by atoms with E-state index in [-0.39, 0.29) is 29.8 Å². The number of hydrogen-bond acceptors (Lipinski definition) is 8. The van der Waals surface area contributed by atoms with E-state index in [2.05, 4.69) is 32.8 Å². The van der Waals surface area contributed by atoms with E-state index in [0.29, 0.717) is 24.0 Å². The van der Waals surface area contributed by atoms with Crippen LogP contribution in [0, 0.1) is 17.8 Å². The number of allylic oxidation sites excluding steroid dienone is 1. The molecule has 0 saturated carbocycles. The van der Waals surface area contributed by atoms with Gasteiger partial charge in [0, 0.05) is 36.5 Å². The minimum atomic E-state index is -1.50. The van der Waals surface area contributed by atoms with Gasteiger partial charge in [0.15, 0.2) is 12.1 Å². The van der Waals surface area contributed by atoms with Crippen molar-refractivity contribution in [2.45, 2.75) is 123 Å². The first-order valence-electron chi connectivity index (χ1n) is 14.3. The van der Waals surface area contributed by atoms with E-state index in [0.717, 1.165) is 6.42 Å². The smallest absolute Gasteiger partial charge is 0.333 e. The van der Waals surface area contributed by atoms with Gasteiger partial charge >= 0.3 is 5.97 Å². The molecule has 1 saturated heterocycles. The summed E-state index contributed by atoms with van der Waals surface area (Å²) >= 11 is 0. The molecule has 2 rings (SSSR count). The van der Waals surface area contributed by atoms with Crippen LogP contribution in [0.5, 0.6) is 0 Å². The van der Waals surface area contributed by atoms with E-state index in [1.54, 1.807) is 27.9 Å². The van der Waals surface area contributed by atoms with Crippen LogP contribution in [0.4, 0.5) is 0 Å². The molecule has 0 aromatic rings. The highest BCUT2D eigenvalue weighted by atomic mass is 16.7. The van der Waals surface area contributed by atoms with E-state index >= 15 is 0 Å². The largest absolute Gasteiger partial charge is 0.456 e. The van der Waals surface area contributed by atoms with E-state index in [1.165, 1.54) is 6.08 Å². The van der Waals surface area contributed by atoms with Gasteiger partial charge < -0.3 is 29.0 Å². The highest BCUT2D eigenvalue weighted by Gasteiger charge is 2.46. The van der Waals surface area contributed by atoms with Gasteiger partial charge in [0.1, 0.15) is 11.7 Å². The molecule has 2 aliphatic heterocycles. The lowest BCUT2D eigenvalue weighted by Crippen LogP contribution is -2.55. The Balaban J connectivity index is 2.59. The summed E-state index contributed by atoms with van der Waals surface area (Å²) < 4.78 is 25.0. The Hall–Kier alpha value is -1.58. The van der Waals surface area contributed by atoms with Crippen molar-refractivity contribution < 1.29 is 33.6 Å². The van der Waals surface area contributed by atoms with Gasteiger partial charge in [-0.15, -0.1) is 0 Å². The van der Waals surface area contributed by atoms with Crippen molar-refractivity contribution in [3.05, 3.63) is 23.3 Å². The van der Waals surface area contributed by atoms with Gasteiger partial charge in [0.2, 0.25) is 0 Å². The number of nitrogens with zero attached hydrogens (tertiary/aromatic N) is 1. The molecule has 0 spiro atoms. The molecule has 1 N–H and O–H groups in total. The number of ether oxygens (including phenoxy) is 4. The number of hydrogen-bond donors (Lipinski definition) is 1. The molecule has 8 heteroatoms. The number of carbonyl (C=O) groups excluding carboxylic acids is 2.